The van der Waals surface area contributed by atoms with Gasteiger partial charge in [0.1, 0.15) is 0 Å². The molecule has 0 N–H and O–H groups in total. The molecular formula is C14H7AlCl21N7O14Zr. The molecule has 0 saturated heterocycles. The summed E-state index contributed by atoms with van der Waals surface area (Å²) >= 11 is 103. The van der Waals surface area contributed by atoms with Gasteiger partial charge in [-0.25, -0.2) is 0 Å². The summed E-state index contributed by atoms with van der Waals surface area (Å²) in [4.78, 5) is 67.8. The number of carboxylic acids is 7. The van der Waals surface area contributed by atoms with Gasteiger partial charge in [-0.15, -0.1) is 27.6 Å². The van der Waals surface area contributed by atoms with Crippen LogP contribution in [0.25, 0.3) is 0 Å². The molecule has 58 heavy (non-hydrogen) atoms. The fraction of sp³-hybridized carbons (Fsp3) is 0.500. The monoisotopic (exact) mass is 1350 g/mol. The number of rotatable bonds is 14. The summed E-state index contributed by atoms with van der Waals surface area (Å²) in [6.45, 7) is 0. The molecule has 0 heterocycles. The molecule has 0 rings (SSSR count). The second-order valence-electron chi connectivity index (χ2n) is 6.40. The van der Waals surface area contributed by atoms with E-state index in [9.17, 15) is 69.3 Å². The van der Waals surface area contributed by atoms with Crippen molar-refractivity contribution in [2.45, 2.75) is 38.5 Å². The van der Waals surface area contributed by atoms with Crippen LogP contribution in [0.3, 0.4) is 0 Å². The van der Waals surface area contributed by atoms with Gasteiger partial charge in [-0.05, 0) is 165 Å². The Morgan fingerprint density at radius 1 is 0.259 bits per heavy atom. The molecule has 0 aromatic carbocycles. The average Bonchev–Trinajstić information content (AvgIpc) is 3.06. The van der Waals surface area contributed by atoms with Crippen LogP contribution in [0.15, 0.2) is 0 Å². The molecule has 7 unspecified atom stereocenters. The summed E-state index contributed by atoms with van der Waals surface area (Å²) in [7, 11) is 0. The minimum absolute atomic E-state index is 0. The van der Waals surface area contributed by atoms with Gasteiger partial charge in [0.15, 0.2) is 38.5 Å². The van der Waals surface area contributed by atoms with Crippen LogP contribution < -0.4 is 35.7 Å². The molecule has 21 nitrogen and oxygen atoms in total. The van der Waals surface area contributed by atoms with Crippen molar-refractivity contribution >= 4 is 305 Å². The van der Waals surface area contributed by atoms with Crippen molar-refractivity contribution in [2.24, 2.45) is 0 Å². The van der Waals surface area contributed by atoms with Crippen molar-refractivity contribution in [1.82, 2.24) is 27.6 Å². The summed E-state index contributed by atoms with van der Waals surface area (Å²) in [5.41, 5.74) is -10.4. The number of alkyl halides is 7. The predicted molar refractivity (Wildman–Crippen MR) is 203 cm³/mol. The van der Waals surface area contributed by atoms with Crippen LogP contribution >= 0.6 is 246 Å². The Morgan fingerprint density at radius 2 is 0.310 bits per heavy atom. The maximum absolute atomic E-state index is 9.69. The Hall–Kier alpha value is 3.52. The third-order valence-corrected chi connectivity index (χ3v) is 9.31. The van der Waals surface area contributed by atoms with Gasteiger partial charge < -0.3 is 69.3 Å². The second-order valence-corrected chi connectivity index (χ2v) is 15.6. The fourth-order valence-corrected chi connectivity index (χ4v) is 1.67. The van der Waals surface area contributed by atoms with Crippen molar-refractivity contribution in [2.75, 3.05) is 0 Å². The van der Waals surface area contributed by atoms with Crippen molar-refractivity contribution < 1.29 is 95.5 Å². The summed E-state index contributed by atoms with van der Waals surface area (Å²) in [6, 6.07) is 0. The van der Waals surface area contributed by atoms with E-state index in [-0.39, 0.29) is 71.1 Å². The Balaban J connectivity index is -0.0000000686. The van der Waals surface area contributed by atoms with Crippen molar-refractivity contribution in [1.29, 1.82) is 0 Å². The smallest absolute Gasteiger partial charge is 0.547 e. The van der Waals surface area contributed by atoms with Gasteiger partial charge in [-0.1, -0.05) is 81.2 Å². The van der Waals surface area contributed by atoms with Gasteiger partial charge in [-0.3, -0.25) is 0 Å². The maximum atomic E-state index is 9.69. The summed E-state index contributed by atoms with van der Waals surface area (Å²) < 4.78 is 2.02. The normalized spacial score (nSPS) is 13.5. The van der Waals surface area contributed by atoms with E-state index in [0.717, 1.165) is 0 Å². The molecular weight excluding hydrogens is 1350 g/mol. The van der Waals surface area contributed by atoms with Crippen LogP contribution in [-0.4, -0.2) is 125 Å². The third kappa shape index (κ3) is 57.5. The van der Waals surface area contributed by atoms with Gasteiger partial charge >= 0.3 is 43.6 Å². The first-order valence-corrected chi connectivity index (χ1v) is 18.4. The number of carbonyl (C=O) groups excluding carboxylic acids is 7. The molecule has 7 atom stereocenters. The third-order valence-electron chi connectivity index (χ3n) is 2.56. The molecule has 44 heteroatoms. The molecule has 0 amide bonds. The molecule has 0 bridgehead atoms. The molecule has 0 aromatic heterocycles. The van der Waals surface area contributed by atoms with Crippen LogP contribution in [0.2, 0.25) is 0 Å². The standard InChI is InChI=1S/7C2H2Cl3NO2.Al.Zr/c7*3-1(2(7)8)6(4)5;;/h7*1H,(H,7,8);;/q;;;;;;;+3;+4/p-7. The SMILES string of the molecule is O=C([O-])C(Cl)N(Cl)Cl.O=C([O-])C(Cl)N(Cl)Cl.O=C([O-])C(Cl)N(Cl)Cl.O=C([O-])C(Cl)N(Cl)Cl.O=C([O-])C(Cl)N(Cl)Cl.O=C([O-])C(Cl)N(Cl)Cl.O=C([O-])C(Cl)N(Cl)Cl.[Al+3].[Zr+4]. The van der Waals surface area contributed by atoms with Gasteiger partial charge in [0.2, 0.25) is 0 Å². The predicted octanol–water partition coefficient (Wildman–Crippen LogP) is -1.01. The first kappa shape index (κ1) is 81.7. The molecule has 0 aliphatic carbocycles. The minimum Gasteiger partial charge on any atom is -0.547 e. The molecule has 336 valence electrons. The minimum atomic E-state index is -1.53. The number of halogens is 21. The number of aliphatic carboxylic acids is 7. The molecule has 0 aromatic rings. The first-order valence-electron chi connectivity index (χ1n) is 10.6. The van der Waals surface area contributed by atoms with E-state index in [1.54, 1.807) is 0 Å². The zero-order valence-corrected chi connectivity index (χ0v) is 44.9. The number of carboxylic acid groups (broad SMARTS) is 7. The van der Waals surface area contributed by atoms with Gasteiger partial charge in [-0.2, -0.15) is 0 Å². The Labute approximate surface area is 461 Å². The Kier molecular flexibility index (Phi) is 68.2. The number of nitrogens with zero attached hydrogens (tertiary/aromatic N) is 7. The van der Waals surface area contributed by atoms with E-state index in [2.05, 4.69) is 0 Å². The quantitative estimate of drug-likeness (QED) is 0.0871. The molecule has 0 fully saturated rings. The average molecular weight is 1360 g/mol. The Morgan fingerprint density at radius 3 is 0.310 bits per heavy atom. The van der Waals surface area contributed by atoms with Crippen LogP contribution in [0.1, 0.15) is 0 Å². The van der Waals surface area contributed by atoms with Gasteiger partial charge in [0.25, 0.3) is 0 Å². The topological polar surface area (TPSA) is 304 Å². The number of hydrogen-bond acceptors (Lipinski definition) is 21. The van der Waals surface area contributed by atoms with Crippen LogP contribution in [0.4, 0.5) is 0 Å². The Bertz CT molecular complexity index is 917. The maximum Gasteiger partial charge on any atom is 4.00 e. The largest absolute Gasteiger partial charge is 4.00 e. The van der Waals surface area contributed by atoms with E-state index >= 15 is 0 Å². The summed E-state index contributed by atoms with van der Waals surface area (Å²) in [5.74, 6) is -10.7. The van der Waals surface area contributed by atoms with E-state index in [4.69, 9.17) is 246 Å². The summed E-state index contributed by atoms with van der Waals surface area (Å²) in [6.07, 6.45) is 0. The van der Waals surface area contributed by atoms with Crippen LogP contribution in [0, 0.1) is 0 Å². The van der Waals surface area contributed by atoms with Crippen molar-refractivity contribution in [3.63, 3.8) is 0 Å². The van der Waals surface area contributed by atoms with E-state index in [0.29, 0.717) is 0 Å². The molecule has 0 saturated carbocycles. The fourth-order valence-electron chi connectivity index (χ4n) is 0.558. The van der Waals surface area contributed by atoms with E-state index in [1.807, 2.05) is 0 Å². The zero-order valence-electron chi connectivity index (χ0n) is 25.4. The number of carbonyl (C=O) groups is 7. The second kappa shape index (κ2) is 48.4. The number of hydrogen-bond donors (Lipinski definition) is 0. The van der Waals surface area contributed by atoms with Crippen LogP contribution in [-0.2, 0) is 59.8 Å². The molecule has 0 aliphatic heterocycles. The van der Waals surface area contributed by atoms with E-state index in [1.165, 1.54) is 0 Å². The molecule has 0 radical (unpaired) electrons. The van der Waals surface area contributed by atoms with Crippen molar-refractivity contribution in [3.05, 3.63) is 0 Å². The van der Waals surface area contributed by atoms with E-state index < -0.39 is 80.3 Å². The first-order chi connectivity index (χ1) is 24.9. The molecule has 0 aliphatic rings. The molecule has 0 spiro atoms. The van der Waals surface area contributed by atoms with Gasteiger partial charge in [0, 0.05) is 0 Å². The van der Waals surface area contributed by atoms with Crippen molar-refractivity contribution in [3.8, 4) is 0 Å². The van der Waals surface area contributed by atoms with Crippen LogP contribution in [0.5, 0.6) is 0 Å². The van der Waals surface area contributed by atoms with Gasteiger partial charge in [0.05, 0.1) is 41.8 Å². The summed E-state index contributed by atoms with van der Waals surface area (Å²) in [5, 5.41) is 67.8. The zero-order chi connectivity index (χ0) is 47.1.